The van der Waals surface area contributed by atoms with Crippen LogP contribution in [0.3, 0.4) is 0 Å². The Morgan fingerprint density at radius 2 is 2.04 bits per heavy atom. The average molecular weight is 365 g/mol. The van der Waals surface area contributed by atoms with Gasteiger partial charge in [0.2, 0.25) is 0 Å². The fourth-order valence-electron chi connectivity index (χ4n) is 3.39. The smallest absolute Gasteiger partial charge is 0.141 e. The van der Waals surface area contributed by atoms with Gasteiger partial charge in [-0.25, -0.2) is 0 Å². The van der Waals surface area contributed by atoms with Crippen molar-refractivity contribution >= 4 is 44.5 Å². The van der Waals surface area contributed by atoms with Crippen LogP contribution < -0.4 is 5.22 Å². The zero-order chi connectivity index (χ0) is 17.9. The molecular formula is C22H23NO2S. The van der Waals surface area contributed by atoms with E-state index in [0.29, 0.717) is 6.61 Å². The first-order valence-corrected chi connectivity index (χ1v) is 9.80. The second-order valence-corrected chi connectivity index (χ2v) is 7.78. The predicted molar refractivity (Wildman–Crippen MR) is 112 cm³/mol. The Kier molecular flexibility index (Phi) is 5.16. The van der Waals surface area contributed by atoms with E-state index in [9.17, 15) is 0 Å². The minimum Gasteiger partial charge on any atom is -0.464 e. The summed E-state index contributed by atoms with van der Waals surface area (Å²) >= 11 is 1.76. The summed E-state index contributed by atoms with van der Waals surface area (Å²) in [5.74, 6) is 0. The highest BCUT2D eigenvalue weighted by Crippen LogP contribution is 2.30. The number of ether oxygens (including phenoxy) is 1. The first kappa shape index (κ1) is 17.4. The van der Waals surface area contributed by atoms with Crippen LogP contribution in [0.15, 0.2) is 52.5 Å². The molecule has 1 aliphatic rings. The first-order chi connectivity index (χ1) is 12.7. The van der Waals surface area contributed by atoms with E-state index < -0.39 is 0 Å². The van der Waals surface area contributed by atoms with Gasteiger partial charge < -0.3 is 14.1 Å². The van der Waals surface area contributed by atoms with Gasteiger partial charge in [0.15, 0.2) is 0 Å². The number of hydrogen-bond acceptors (Lipinski definition) is 4. The van der Waals surface area contributed by atoms with Crippen LogP contribution in [-0.2, 0) is 4.74 Å². The lowest BCUT2D eigenvalue weighted by atomic mass is 10.1. The lowest BCUT2D eigenvalue weighted by Crippen LogP contribution is -2.16. The molecule has 134 valence electrons. The third-order valence-corrected chi connectivity index (χ3v) is 5.48. The highest BCUT2D eigenvalue weighted by molar-refractivity contribution is 8.10. The summed E-state index contributed by atoms with van der Waals surface area (Å²) < 4.78 is 11.8. The lowest BCUT2D eigenvalue weighted by molar-refractivity contribution is 0.157. The van der Waals surface area contributed by atoms with Crippen molar-refractivity contribution in [2.75, 3.05) is 33.9 Å². The Labute approximate surface area is 157 Å². The van der Waals surface area contributed by atoms with Crippen molar-refractivity contribution in [2.24, 2.45) is 0 Å². The van der Waals surface area contributed by atoms with Crippen molar-refractivity contribution in [3.63, 3.8) is 0 Å². The first-order valence-electron chi connectivity index (χ1n) is 8.92. The normalized spacial score (nSPS) is 13.7. The van der Waals surface area contributed by atoms with E-state index in [0.717, 1.165) is 35.9 Å². The SMILES string of the molecule is CN(C)CCCOCC1=c2c(cccc3c2cc2cccoc23)C=CS1. The summed E-state index contributed by atoms with van der Waals surface area (Å²) in [5, 5.41) is 6.96. The van der Waals surface area contributed by atoms with Crippen LogP contribution in [0.4, 0.5) is 0 Å². The summed E-state index contributed by atoms with van der Waals surface area (Å²) in [4.78, 5) is 3.45. The van der Waals surface area contributed by atoms with Crippen LogP contribution in [0.25, 0.3) is 32.7 Å². The van der Waals surface area contributed by atoms with E-state index in [1.165, 1.54) is 21.1 Å². The highest BCUT2D eigenvalue weighted by Gasteiger charge is 2.12. The topological polar surface area (TPSA) is 25.6 Å². The molecule has 4 heteroatoms. The molecule has 0 radical (unpaired) electrons. The molecule has 1 aromatic heterocycles. The van der Waals surface area contributed by atoms with Gasteiger partial charge in [-0.1, -0.05) is 30.0 Å². The van der Waals surface area contributed by atoms with Gasteiger partial charge in [0.05, 0.1) is 12.9 Å². The molecule has 0 saturated heterocycles. The largest absolute Gasteiger partial charge is 0.464 e. The zero-order valence-corrected chi connectivity index (χ0v) is 16.0. The van der Waals surface area contributed by atoms with Crippen molar-refractivity contribution < 1.29 is 9.15 Å². The molecular weight excluding hydrogens is 342 g/mol. The minimum absolute atomic E-state index is 0.646. The van der Waals surface area contributed by atoms with Gasteiger partial charge >= 0.3 is 0 Å². The average Bonchev–Trinajstić information content (AvgIpc) is 2.89. The van der Waals surface area contributed by atoms with Gasteiger partial charge in [0.25, 0.3) is 0 Å². The predicted octanol–water partition coefficient (Wildman–Crippen LogP) is 4.66. The molecule has 0 aliphatic carbocycles. The molecule has 0 saturated carbocycles. The number of hydrogen-bond donors (Lipinski definition) is 0. The van der Waals surface area contributed by atoms with Gasteiger partial charge in [0, 0.05) is 27.5 Å². The van der Waals surface area contributed by atoms with Crippen molar-refractivity contribution in [1.82, 2.24) is 4.90 Å². The van der Waals surface area contributed by atoms with Crippen LogP contribution in [0.2, 0.25) is 0 Å². The summed E-state index contributed by atoms with van der Waals surface area (Å²) in [5.41, 5.74) is 2.19. The van der Waals surface area contributed by atoms with Crippen molar-refractivity contribution in [2.45, 2.75) is 6.42 Å². The van der Waals surface area contributed by atoms with Gasteiger partial charge in [-0.3, -0.25) is 0 Å². The van der Waals surface area contributed by atoms with Crippen LogP contribution in [0, 0.1) is 0 Å². The number of rotatable bonds is 6. The molecule has 0 bridgehead atoms. The van der Waals surface area contributed by atoms with E-state index in [4.69, 9.17) is 9.15 Å². The number of fused-ring (bicyclic) bond motifs is 5. The molecule has 0 amide bonds. The third-order valence-electron chi connectivity index (χ3n) is 4.60. The molecule has 0 N–H and O–H groups in total. The van der Waals surface area contributed by atoms with Crippen LogP contribution in [0.1, 0.15) is 12.0 Å². The Bertz CT molecular complexity index is 1030. The van der Waals surface area contributed by atoms with Crippen molar-refractivity contribution in [3.8, 4) is 0 Å². The van der Waals surface area contributed by atoms with Gasteiger partial charge in [-0.2, -0.15) is 0 Å². The minimum atomic E-state index is 0.646. The van der Waals surface area contributed by atoms with E-state index in [1.807, 2.05) is 6.07 Å². The Balaban J connectivity index is 1.77. The summed E-state index contributed by atoms with van der Waals surface area (Å²) in [6, 6.07) is 12.7. The second kappa shape index (κ2) is 7.70. The fourth-order valence-corrected chi connectivity index (χ4v) is 4.27. The van der Waals surface area contributed by atoms with E-state index >= 15 is 0 Å². The molecule has 3 aromatic rings. The summed E-state index contributed by atoms with van der Waals surface area (Å²) in [7, 11) is 4.18. The second-order valence-electron chi connectivity index (χ2n) is 6.78. The maximum atomic E-state index is 5.99. The van der Waals surface area contributed by atoms with E-state index in [-0.39, 0.29) is 0 Å². The maximum absolute atomic E-state index is 5.99. The number of nitrogens with zero attached hydrogens (tertiary/aromatic N) is 1. The third kappa shape index (κ3) is 3.45. The quantitative estimate of drug-likeness (QED) is 0.593. The highest BCUT2D eigenvalue weighted by atomic mass is 32.2. The monoisotopic (exact) mass is 365 g/mol. The van der Waals surface area contributed by atoms with E-state index in [1.54, 1.807) is 18.0 Å². The van der Waals surface area contributed by atoms with E-state index in [2.05, 4.69) is 60.8 Å². The lowest BCUT2D eigenvalue weighted by Gasteiger charge is -2.12. The standard InChI is InChI=1S/C22H23NO2S/c1-23(2)10-5-11-24-15-20-21-16(9-13-26-20)6-3-8-18-19(21)14-17-7-4-12-25-22(17)18/h3-4,6-9,12-14H,5,10-11,15H2,1-2H3. The Morgan fingerprint density at radius 1 is 1.12 bits per heavy atom. The van der Waals surface area contributed by atoms with Crippen molar-refractivity contribution in [1.29, 1.82) is 0 Å². The Morgan fingerprint density at radius 3 is 2.92 bits per heavy atom. The van der Waals surface area contributed by atoms with Gasteiger partial charge in [0.1, 0.15) is 5.58 Å². The molecule has 1 aliphatic heterocycles. The number of thioether (sulfide) groups is 1. The molecule has 0 fully saturated rings. The molecule has 0 spiro atoms. The van der Waals surface area contributed by atoms with Gasteiger partial charge in [-0.05, 0) is 67.7 Å². The maximum Gasteiger partial charge on any atom is 0.141 e. The Hall–Kier alpha value is -2.01. The molecule has 0 unspecified atom stereocenters. The fraction of sp³-hybridized carbons (Fsp3) is 0.273. The molecule has 4 rings (SSSR count). The van der Waals surface area contributed by atoms with Gasteiger partial charge in [-0.15, -0.1) is 0 Å². The zero-order valence-electron chi connectivity index (χ0n) is 15.2. The summed E-state index contributed by atoms with van der Waals surface area (Å²) in [6.45, 7) is 2.48. The summed E-state index contributed by atoms with van der Waals surface area (Å²) in [6.07, 6.45) is 4.98. The van der Waals surface area contributed by atoms with Crippen LogP contribution in [-0.4, -0.2) is 38.8 Å². The molecule has 3 nitrogen and oxygen atoms in total. The van der Waals surface area contributed by atoms with Crippen LogP contribution in [0.5, 0.6) is 0 Å². The van der Waals surface area contributed by atoms with Crippen molar-refractivity contribution in [3.05, 3.63) is 58.9 Å². The molecule has 0 atom stereocenters. The van der Waals surface area contributed by atoms with Crippen LogP contribution >= 0.6 is 11.8 Å². The molecule has 26 heavy (non-hydrogen) atoms. The molecule has 2 heterocycles. The molecule has 2 aromatic carbocycles.